The van der Waals surface area contributed by atoms with Gasteiger partial charge in [0.2, 0.25) is 0 Å². The normalized spacial score (nSPS) is 11.3. The minimum atomic E-state index is -4.35. The van der Waals surface area contributed by atoms with E-state index in [4.69, 9.17) is 4.74 Å². The van der Waals surface area contributed by atoms with E-state index in [1.165, 1.54) is 19.2 Å². The smallest absolute Gasteiger partial charge is 0.417 e. The summed E-state index contributed by atoms with van der Waals surface area (Å²) in [5.74, 6) is 0.614. The first-order chi connectivity index (χ1) is 8.52. The zero-order valence-electron chi connectivity index (χ0n) is 9.66. The third-order valence-electron chi connectivity index (χ3n) is 2.63. The predicted molar refractivity (Wildman–Crippen MR) is 63.4 cm³/mol. The minimum absolute atomic E-state index is 0.174. The molecular weight excluding hydrogens is 241 g/mol. The standard InChI is InChI=1S/C14H11F3O/c1-18-11-8-6-10(7-9-11)12-4-2-3-5-13(12)14(15,16)17/h2-9H,1H3. The molecule has 0 saturated heterocycles. The van der Waals surface area contributed by atoms with Crippen molar-refractivity contribution in [3.8, 4) is 16.9 Å². The fourth-order valence-electron chi connectivity index (χ4n) is 1.75. The first-order valence-corrected chi connectivity index (χ1v) is 5.33. The number of ether oxygens (including phenoxy) is 1. The Morgan fingerprint density at radius 1 is 0.889 bits per heavy atom. The highest BCUT2D eigenvalue weighted by molar-refractivity contribution is 5.68. The Balaban J connectivity index is 2.50. The number of halogens is 3. The molecule has 1 nitrogen and oxygen atoms in total. The van der Waals surface area contributed by atoms with E-state index in [0.717, 1.165) is 6.07 Å². The Bertz CT molecular complexity index is 529. The van der Waals surface area contributed by atoms with Crippen LogP contribution in [-0.2, 0) is 6.18 Å². The summed E-state index contributed by atoms with van der Waals surface area (Å²) in [5, 5.41) is 0. The van der Waals surface area contributed by atoms with Crippen molar-refractivity contribution in [3.63, 3.8) is 0 Å². The number of benzene rings is 2. The van der Waals surface area contributed by atoms with Crippen LogP contribution in [-0.4, -0.2) is 7.11 Å². The van der Waals surface area contributed by atoms with Crippen molar-refractivity contribution >= 4 is 0 Å². The zero-order valence-corrected chi connectivity index (χ0v) is 9.66. The van der Waals surface area contributed by atoms with E-state index in [9.17, 15) is 13.2 Å². The molecule has 0 fully saturated rings. The Kier molecular flexibility index (Phi) is 3.28. The maximum absolute atomic E-state index is 12.9. The molecule has 0 aliphatic heterocycles. The minimum Gasteiger partial charge on any atom is -0.497 e. The summed E-state index contributed by atoms with van der Waals surface area (Å²) in [6.07, 6.45) is -4.35. The number of alkyl halides is 3. The van der Waals surface area contributed by atoms with E-state index in [1.54, 1.807) is 30.3 Å². The van der Waals surface area contributed by atoms with E-state index < -0.39 is 11.7 Å². The number of hydrogen-bond acceptors (Lipinski definition) is 1. The molecule has 0 aromatic heterocycles. The average molecular weight is 252 g/mol. The fraction of sp³-hybridized carbons (Fsp3) is 0.143. The summed E-state index contributed by atoms with van der Waals surface area (Å²) < 4.78 is 43.5. The molecule has 0 heterocycles. The average Bonchev–Trinajstić information content (AvgIpc) is 2.38. The van der Waals surface area contributed by atoms with Gasteiger partial charge in [-0.15, -0.1) is 0 Å². The molecule has 0 saturated carbocycles. The summed E-state index contributed by atoms with van der Waals surface area (Å²) in [7, 11) is 1.51. The topological polar surface area (TPSA) is 9.23 Å². The van der Waals surface area contributed by atoms with Gasteiger partial charge >= 0.3 is 6.18 Å². The van der Waals surface area contributed by atoms with E-state index in [-0.39, 0.29) is 5.56 Å². The lowest BCUT2D eigenvalue weighted by Gasteiger charge is -2.12. The van der Waals surface area contributed by atoms with Crippen molar-refractivity contribution in [1.29, 1.82) is 0 Å². The van der Waals surface area contributed by atoms with Crippen LogP contribution in [0.3, 0.4) is 0 Å². The van der Waals surface area contributed by atoms with Gasteiger partial charge in [0.15, 0.2) is 0 Å². The lowest BCUT2D eigenvalue weighted by atomic mass is 9.99. The van der Waals surface area contributed by atoms with Crippen molar-refractivity contribution in [3.05, 3.63) is 54.1 Å². The molecule has 2 aromatic carbocycles. The molecule has 4 heteroatoms. The van der Waals surface area contributed by atoms with Crippen LogP contribution in [0, 0.1) is 0 Å². The molecular formula is C14H11F3O. The van der Waals surface area contributed by atoms with Crippen LogP contribution in [0.2, 0.25) is 0 Å². The lowest BCUT2D eigenvalue weighted by molar-refractivity contribution is -0.137. The Morgan fingerprint density at radius 2 is 1.50 bits per heavy atom. The second-order valence-electron chi connectivity index (χ2n) is 3.77. The number of methoxy groups -OCH3 is 1. The highest BCUT2D eigenvalue weighted by atomic mass is 19.4. The molecule has 2 rings (SSSR count). The van der Waals surface area contributed by atoms with Gasteiger partial charge in [0, 0.05) is 0 Å². The van der Waals surface area contributed by atoms with Gasteiger partial charge in [-0.25, -0.2) is 0 Å². The summed E-state index contributed by atoms with van der Waals surface area (Å²) in [5.41, 5.74) is 0.0616. The molecule has 0 amide bonds. The van der Waals surface area contributed by atoms with E-state index in [0.29, 0.717) is 11.3 Å². The SMILES string of the molecule is COc1ccc(-c2ccccc2C(F)(F)F)cc1. The van der Waals surface area contributed by atoms with Crippen LogP contribution < -0.4 is 4.74 Å². The van der Waals surface area contributed by atoms with Gasteiger partial charge in [-0.05, 0) is 29.3 Å². The van der Waals surface area contributed by atoms with Gasteiger partial charge in [0.1, 0.15) is 5.75 Å². The van der Waals surface area contributed by atoms with Gasteiger partial charge in [-0.2, -0.15) is 13.2 Å². The van der Waals surface area contributed by atoms with Crippen molar-refractivity contribution in [2.24, 2.45) is 0 Å². The Labute approximate surface area is 103 Å². The highest BCUT2D eigenvalue weighted by Crippen LogP contribution is 2.37. The molecule has 0 aliphatic carbocycles. The van der Waals surface area contributed by atoms with Crippen molar-refractivity contribution < 1.29 is 17.9 Å². The van der Waals surface area contributed by atoms with Gasteiger partial charge in [0.05, 0.1) is 12.7 Å². The molecule has 0 spiro atoms. The van der Waals surface area contributed by atoms with Crippen LogP contribution in [0.5, 0.6) is 5.75 Å². The Morgan fingerprint density at radius 3 is 2.06 bits per heavy atom. The molecule has 0 bridgehead atoms. The summed E-state index contributed by atoms with van der Waals surface area (Å²) in [6, 6.07) is 12.0. The van der Waals surface area contributed by atoms with Crippen molar-refractivity contribution in [2.75, 3.05) is 7.11 Å². The van der Waals surface area contributed by atoms with Gasteiger partial charge in [-0.1, -0.05) is 30.3 Å². The largest absolute Gasteiger partial charge is 0.497 e. The van der Waals surface area contributed by atoms with Gasteiger partial charge in [0.25, 0.3) is 0 Å². The number of rotatable bonds is 2. The molecule has 0 unspecified atom stereocenters. The monoisotopic (exact) mass is 252 g/mol. The first-order valence-electron chi connectivity index (χ1n) is 5.33. The summed E-state index contributed by atoms with van der Waals surface area (Å²) >= 11 is 0. The molecule has 0 atom stereocenters. The highest BCUT2D eigenvalue weighted by Gasteiger charge is 2.33. The molecule has 18 heavy (non-hydrogen) atoms. The third kappa shape index (κ3) is 2.47. The number of hydrogen-bond donors (Lipinski definition) is 0. The molecule has 94 valence electrons. The predicted octanol–water partition coefficient (Wildman–Crippen LogP) is 4.38. The fourth-order valence-corrected chi connectivity index (χ4v) is 1.75. The van der Waals surface area contributed by atoms with Gasteiger partial charge in [-0.3, -0.25) is 0 Å². The maximum atomic E-state index is 12.9. The van der Waals surface area contributed by atoms with E-state index >= 15 is 0 Å². The molecule has 2 aromatic rings. The third-order valence-corrected chi connectivity index (χ3v) is 2.63. The van der Waals surface area contributed by atoms with E-state index in [2.05, 4.69) is 0 Å². The second kappa shape index (κ2) is 4.72. The second-order valence-corrected chi connectivity index (χ2v) is 3.77. The van der Waals surface area contributed by atoms with Gasteiger partial charge < -0.3 is 4.74 Å². The molecule has 0 radical (unpaired) electrons. The first kappa shape index (κ1) is 12.5. The van der Waals surface area contributed by atoms with Crippen LogP contribution in [0.15, 0.2) is 48.5 Å². The zero-order chi connectivity index (χ0) is 13.2. The maximum Gasteiger partial charge on any atom is 0.417 e. The van der Waals surface area contributed by atoms with Crippen LogP contribution in [0.4, 0.5) is 13.2 Å². The van der Waals surface area contributed by atoms with Crippen LogP contribution in [0.1, 0.15) is 5.56 Å². The van der Waals surface area contributed by atoms with Crippen LogP contribution in [0.25, 0.3) is 11.1 Å². The molecule has 0 aliphatic rings. The molecule has 0 N–H and O–H groups in total. The quantitative estimate of drug-likeness (QED) is 0.770. The van der Waals surface area contributed by atoms with Crippen molar-refractivity contribution in [1.82, 2.24) is 0 Å². The summed E-state index contributed by atoms with van der Waals surface area (Å²) in [6.45, 7) is 0. The Hall–Kier alpha value is -1.97. The van der Waals surface area contributed by atoms with E-state index in [1.807, 2.05) is 0 Å². The lowest BCUT2D eigenvalue weighted by Crippen LogP contribution is -2.06. The van der Waals surface area contributed by atoms with Crippen molar-refractivity contribution in [2.45, 2.75) is 6.18 Å². The summed E-state index contributed by atoms with van der Waals surface area (Å²) in [4.78, 5) is 0. The van der Waals surface area contributed by atoms with Crippen LogP contribution >= 0.6 is 0 Å².